The fourth-order valence-electron chi connectivity index (χ4n) is 4.45. The van der Waals surface area contributed by atoms with Gasteiger partial charge in [0.1, 0.15) is 19.0 Å². The second-order valence-corrected chi connectivity index (χ2v) is 9.27. The molecule has 0 radical (unpaired) electrons. The van der Waals surface area contributed by atoms with Crippen molar-refractivity contribution in [1.82, 2.24) is 0 Å². The summed E-state index contributed by atoms with van der Waals surface area (Å²) in [7, 11) is 1.58. The number of hydrogen-bond acceptors (Lipinski definition) is 6. The molecule has 0 aromatic heterocycles. The molecule has 5 rings (SSSR count). The van der Waals surface area contributed by atoms with E-state index in [1.54, 1.807) is 7.11 Å². The quantitative estimate of drug-likeness (QED) is 0.566. The number of methoxy groups -OCH3 is 1. The van der Waals surface area contributed by atoms with E-state index >= 15 is 0 Å². The summed E-state index contributed by atoms with van der Waals surface area (Å²) >= 11 is 6.52. The molecule has 3 atom stereocenters. The molecule has 2 aromatic carbocycles. The number of ether oxygens (including phenoxy) is 5. The van der Waals surface area contributed by atoms with Crippen LogP contribution in [0.3, 0.4) is 0 Å². The molecule has 6 nitrogen and oxygen atoms in total. The highest BCUT2D eigenvalue weighted by Crippen LogP contribution is 2.50. The lowest BCUT2D eigenvalue weighted by molar-refractivity contribution is -0.305. The smallest absolute Gasteiger partial charge is 0.200 e. The Bertz CT molecular complexity index is 946. The number of benzene rings is 2. The molecule has 2 aliphatic heterocycles. The van der Waals surface area contributed by atoms with Gasteiger partial charge in [-0.05, 0) is 54.7 Å². The van der Waals surface area contributed by atoms with Crippen LogP contribution in [-0.4, -0.2) is 50.0 Å². The lowest BCUT2D eigenvalue weighted by atomic mass is 9.91. The molecule has 2 bridgehead atoms. The third kappa shape index (κ3) is 4.67. The first-order chi connectivity index (χ1) is 15.5. The number of hydrogen-bond donors (Lipinski definition) is 1. The largest absolute Gasteiger partial charge is 0.491 e. The van der Waals surface area contributed by atoms with Crippen LogP contribution >= 0.6 is 11.6 Å². The van der Waals surface area contributed by atoms with Gasteiger partial charge in [0, 0.05) is 30.5 Å². The van der Waals surface area contributed by atoms with Crippen molar-refractivity contribution in [2.24, 2.45) is 0 Å². The second kappa shape index (κ2) is 8.93. The van der Waals surface area contributed by atoms with E-state index in [1.165, 1.54) is 12.8 Å². The van der Waals surface area contributed by atoms with E-state index in [0.717, 1.165) is 22.4 Å². The van der Waals surface area contributed by atoms with Crippen LogP contribution in [0.2, 0.25) is 5.02 Å². The third-order valence-electron chi connectivity index (χ3n) is 6.33. The molecule has 1 aliphatic carbocycles. The molecule has 0 amide bonds. The number of halogens is 1. The topological polar surface area (TPSA) is 66.4 Å². The normalized spacial score (nSPS) is 29.3. The fraction of sp³-hybridized carbons (Fsp3) is 0.520. The Morgan fingerprint density at radius 3 is 2.66 bits per heavy atom. The van der Waals surface area contributed by atoms with Crippen LogP contribution in [0.25, 0.3) is 0 Å². The minimum Gasteiger partial charge on any atom is -0.491 e. The molecule has 2 saturated heterocycles. The van der Waals surface area contributed by atoms with Gasteiger partial charge in [-0.25, -0.2) is 0 Å². The maximum Gasteiger partial charge on any atom is 0.200 e. The van der Waals surface area contributed by atoms with E-state index in [9.17, 15) is 5.11 Å². The van der Waals surface area contributed by atoms with Crippen LogP contribution in [0.5, 0.6) is 5.75 Å². The first-order valence-corrected chi connectivity index (χ1v) is 11.6. The summed E-state index contributed by atoms with van der Waals surface area (Å²) in [5.74, 6) is -1.10. The zero-order valence-electron chi connectivity index (χ0n) is 18.2. The molecule has 2 aromatic rings. The average molecular weight is 461 g/mol. The molecule has 3 fully saturated rings. The van der Waals surface area contributed by atoms with Crippen molar-refractivity contribution in [3.63, 3.8) is 0 Å². The predicted octanol–water partition coefficient (Wildman–Crippen LogP) is 4.19. The lowest BCUT2D eigenvalue weighted by Gasteiger charge is -2.39. The van der Waals surface area contributed by atoms with Crippen LogP contribution in [0, 0.1) is 0 Å². The molecular formula is C25H29ClO6. The molecule has 3 aliphatic rings. The summed E-state index contributed by atoms with van der Waals surface area (Å²) in [5.41, 5.74) is 2.92. The van der Waals surface area contributed by atoms with Gasteiger partial charge in [0.15, 0.2) is 5.79 Å². The van der Waals surface area contributed by atoms with Gasteiger partial charge in [-0.15, -0.1) is 0 Å². The zero-order valence-corrected chi connectivity index (χ0v) is 19.0. The first-order valence-electron chi connectivity index (χ1n) is 11.2. The molecule has 1 saturated carbocycles. The van der Waals surface area contributed by atoms with Gasteiger partial charge in [0.2, 0.25) is 5.79 Å². The lowest BCUT2D eigenvalue weighted by Crippen LogP contribution is -2.46. The van der Waals surface area contributed by atoms with Crippen molar-refractivity contribution in [2.45, 2.75) is 55.9 Å². The maximum atomic E-state index is 10.4. The summed E-state index contributed by atoms with van der Waals surface area (Å²) in [6, 6.07) is 13.8. The number of fused-ring (bicyclic) bond motifs is 2. The minimum absolute atomic E-state index is 0.283. The van der Waals surface area contributed by atoms with Crippen LogP contribution in [-0.2, 0) is 31.2 Å². The van der Waals surface area contributed by atoms with E-state index in [4.69, 9.17) is 35.3 Å². The van der Waals surface area contributed by atoms with Crippen LogP contribution in [0.15, 0.2) is 42.5 Å². The van der Waals surface area contributed by atoms with Gasteiger partial charge < -0.3 is 28.8 Å². The van der Waals surface area contributed by atoms with Gasteiger partial charge in [0.25, 0.3) is 0 Å². The monoisotopic (exact) mass is 460 g/mol. The number of rotatable bonds is 9. The molecule has 172 valence electrons. The fourth-order valence-corrected chi connectivity index (χ4v) is 4.64. The minimum atomic E-state index is -1.02. The first kappa shape index (κ1) is 22.1. The molecule has 1 N–H and O–H groups in total. The molecule has 0 spiro atoms. The van der Waals surface area contributed by atoms with Crippen molar-refractivity contribution < 1.29 is 28.8 Å². The second-order valence-electron chi connectivity index (χ2n) is 8.87. The van der Waals surface area contributed by atoms with Gasteiger partial charge in [0.05, 0.1) is 18.8 Å². The van der Waals surface area contributed by atoms with E-state index in [1.807, 2.05) is 42.5 Å². The van der Waals surface area contributed by atoms with Crippen LogP contribution < -0.4 is 4.74 Å². The van der Waals surface area contributed by atoms with Gasteiger partial charge in [-0.3, -0.25) is 0 Å². The van der Waals surface area contributed by atoms with Crippen molar-refractivity contribution in [3.8, 4) is 5.75 Å². The number of aliphatic hydroxyl groups excluding tert-OH is 1. The van der Waals surface area contributed by atoms with Crippen LogP contribution in [0.1, 0.15) is 42.4 Å². The van der Waals surface area contributed by atoms with Gasteiger partial charge in [-0.2, -0.15) is 0 Å². The van der Waals surface area contributed by atoms with E-state index in [-0.39, 0.29) is 6.61 Å². The summed E-state index contributed by atoms with van der Waals surface area (Å²) in [6.07, 6.45) is 3.64. The Balaban J connectivity index is 1.27. The van der Waals surface area contributed by atoms with E-state index < -0.39 is 17.7 Å². The third-order valence-corrected chi connectivity index (χ3v) is 6.70. The molecular weight excluding hydrogens is 432 g/mol. The highest BCUT2D eigenvalue weighted by molar-refractivity contribution is 6.31. The Morgan fingerprint density at radius 2 is 1.91 bits per heavy atom. The predicted molar refractivity (Wildman–Crippen MR) is 119 cm³/mol. The summed E-state index contributed by atoms with van der Waals surface area (Å²) in [6.45, 7) is 1.46. The van der Waals surface area contributed by atoms with Gasteiger partial charge >= 0.3 is 0 Å². The van der Waals surface area contributed by atoms with Gasteiger partial charge in [-0.1, -0.05) is 29.8 Å². The molecule has 2 heterocycles. The van der Waals surface area contributed by atoms with Crippen molar-refractivity contribution in [1.29, 1.82) is 0 Å². The summed E-state index contributed by atoms with van der Waals surface area (Å²) in [4.78, 5) is 0. The molecule has 1 unspecified atom stereocenters. The Kier molecular flexibility index (Phi) is 6.18. The maximum absolute atomic E-state index is 10.4. The van der Waals surface area contributed by atoms with Crippen molar-refractivity contribution in [2.75, 3.05) is 26.9 Å². The standard InChI is InChI=1S/C25H29ClO6/c1-28-24-14-20(27)15-25(32-24,31-16-24)19-4-9-23(26)18(13-19)12-17-2-5-21(6-3-17)29-10-11-30-22-7-8-22/h2-6,9,13,20,22,27H,7-8,10-12,14-16H2,1H3/t20?,24-,25-/m1/s1. The Labute approximate surface area is 193 Å². The zero-order chi connectivity index (χ0) is 22.2. The summed E-state index contributed by atoms with van der Waals surface area (Å²) < 4.78 is 29.2. The Morgan fingerprint density at radius 1 is 1.09 bits per heavy atom. The highest BCUT2D eigenvalue weighted by Gasteiger charge is 2.58. The van der Waals surface area contributed by atoms with Crippen molar-refractivity contribution >= 4 is 11.6 Å². The molecule has 32 heavy (non-hydrogen) atoms. The Hall–Kier alpha value is -1.67. The average Bonchev–Trinajstić information content (AvgIpc) is 3.57. The van der Waals surface area contributed by atoms with Crippen molar-refractivity contribution in [3.05, 3.63) is 64.2 Å². The summed E-state index contributed by atoms with van der Waals surface area (Å²) in [5, 5.41) is 11.1. The SMILES string of the molecule is CO[C@]12CO[C@](c3ccc(Cl)c(Cc4ccc(OCCOC5CC5)cc4)c3)(CC(O)C1)O2. The number of aliphatic hydroxyl groups is 1. The van der Waals surface area contributed by atoms with Crippen LogP contribution in [0.4, 0.5) is 0 Å². The molecule has 7 heteroatoms. The van der Waals surface area contributed by atoms with E-state index in [2.05, 4.69) is 0 Å². The van der Waals surface area contributed by atoms with E-state index in [0.29, 0.717) is 43.6 Å². The highest BCUT2D eigenvalue weighted by atomic mass is 35.5.